The Hall–Kier alpha value is -0.0400. The topological polar surface area (TPSA) is 0 Å². The molecule has 1 nitrogen and oxygen atoms in total. The molecule has 1 aliphatic carbocycles. The third-order valence-electron chi connectivity index (χ3n) is 4.37. The van der Waals surface area contributed by atoms with Crippen LogP contribution in [0.3, 0.4) is 0 Å². The molecule has 0 aromatic carbocycles. The predicted molar refractivity (Wildman–Crippen MR) is 51.9 cm³/mol. The fraction of sp³-hybridized carbons (Fsp3) is 1.00. The average Bonchev–Trinajstić information content (AvgIpc) is 2.44. The number of hydrogen-bond acceptors (Lipinski definition) is 0. The molecule has 70 valence electrons. The molecule has 1 aliphatic heterocycles. The van der Waals surface area contributed by atoms with Crippen LogP contribution in [-0.4, -0.2) is 30.7 Å². The zero-order valence-electron chi connectivity index (χ0n) is 8.71. The van der Waals surface area contributed by atoms with Gasteiger partial charge in [0, 0.05) is 11.8 Å². The Kier molecular flexibility index (Phi) is 1.95. The summed E-state index contributed by atoms with van der Waals surface area (Å²) in [4.78, 5) is 0. The Morgan fingerprint density at radius 2 is 1.58 bits per heavy atom. The van der Waals surface area contributed by atoms with Gasteiger partial charge in [-0.2, -0.15) is 0 Å². The lowest BCUT2D eigenvalue weighted by Gasteiger charge is -2.35. The number of quaternary nitrogens is 1. The summed E-state index contributed by atoms with van der Waals surface area (Å²) in [7, 11) is 2.45. The quantitative estimate of drug-likeness (QED) is 0.527. The lowest BCUT2D eigenvalue weighted by molar-refractivity contribution is -0.921. The fourth-order valence-corrected chi connectivity index (χ4v) is 3.16. The second-order valence-corrected chi connectivity index (χ2v) is 5.39. The van der Waals surface area contributed by atoms with Crippen molar-refractivity contribution < 1.29 is 4.48 Å². The average molecular weight is 168 g/mol. The van der Waals surface area contributed by atoms with Gasteiger partial charge in [0.25, 0.3) is 0 Å². The SMILES string of the molecule is CC(C)[N+]1(C)CC2CCCC2C1. The zero-order chi connectivity index (χ0) is 8.77. The molecule has 0 spiro atoms. The van der Waals surface area contributed by atoms with Gasteiger partial charge < -0.3 is 4.48 Å². The maximum atomic E-state index is 2.45. The molecule has 2 aliphatic rings. The number of nitrogens with zero attached hydrogens (tertiary/aromatic N) is 1. The fourth-order valence-electron chi connectivity index (χ4n) is 3.16. The van der Waals surface area contributed by atoms with Crippen LogP contribution in [0.5, 0.6) is 0 Å². The van der Waals surface area contributed by atoms with Crippen molar-refractivity contribution in [2.24, 2.45) is 11.8 Å². The van der Waals surface area contributed by atoms with E-state index in [1.165, 1.54) is 36.8 Å². The van der Waals surface area contributed by atoms with Crippen LogP contribution in [0.15, 0.2) is 0 Å². The highest BCUT2D eigenvalue weighted by Gasteiger charge is 2.45. The van der Waals surface area contributed by atoms with Gasteiger partial charge >= 0.3 is 0 Å². The van der Waals surface area contributed by atoms with Crippen molar-refractivity contribution in [3.63, 3.8) is 0 Å². The molecule has 0 N–H and O–H groups in total. The zero-order valence-corrected chi connectivity index (χ0v) is 8.71. The Morgan fingerprint density at radius 1 is 1.08 bits per heavy atom. The first-order valence-electron chi connectivity index (χ1n) is 5.46. The van der Waals surface area contributed by atoms with Crippen molar-refractivity contribution in [3.05, 3.63) is 0 Å². The molecule has 2 atom stereocenters. The van der Waals surface area contributed by atoms with Crippen molar-refractivity contribution >= 4 is 0 Å². The highest BCUT2D eigenvalue weighted by atomic mass is 15.4. The largest absolute Gasteiger partial charge is 0.324 e. The van der Waals surface area contributed by atoms with Crippen molar-refractivity contribution in [3.8, 4) is 0 Å². The van der Waals surface area contributed by atoms with E-state index in [9.17, 15) is 0 Å². The second kappa shape index (κ2) is 2.73. The second-order valence-electron chi connectivity index (χ2n) is 5.39. The molecule has 2 unspecified atom stereocenters. The maximum Gasteiger partial charge on any atom is 0.0831 e. The third-order valence-corrected chi connectivity index (χ3v) is 4.37. The van der Waals surface area contributed by atoms with Gasteiger partial charge in [-0.3, -0.25) is 0 Å². The molecule has 1 saturated heterocycles. The van der Waals surface area contributed by atoms with E-state index in [1.54, 1.807) is 0 Å². The summed E-state index contributed by atoms with van der Waals surface area (Å²) in [6, 6.07) is 0.829. The van der Waals surface area contributed by atoms with Crippen LogP contribution >= 0.6 is 0 Å². The molecule has 0 aromatic heterocycles. The van der Waals surface area contributed by atoms with Gasteiger partial charge in [-0.1, -0.05) is 6.42 Å². The molecule has 2 fully saturated rings. The van der Waals surface area contributed by atoms with E-state index in [1.807, 2.05) is 0 Å². The minimum absolute atomic E-state index is 0.829. The van der Waals surface area contributed by atoms with Gasteiger partial charge in [-0.25, -0.2) is 0 Å². The lowest BCUT2D eigenvalue weighted by atomic mass is 10.0. The molecular formula is C11H22N+. The van der Waals surface area contributed by atoms with Crippen LogP contribution in [-0.2, 0) is 0 Å². The van der Waals surface area contributed by atoms with Crippen molar-refractivity contribution in [2.45, 2.75) is 39.2 Å². The lowest BCUT2D eigenvalue weighted by Crippen LogP contribution is -2.48. The number of rotatable bonds is 1. The van der Waals surface area contributed by atoms with Crippen LogP contribution in [0.4, 0.5) is 0 Å². The van der Waals surface area contributed by atoms with Crippen LogP contribution in [0.2, 0.25) is 0 Å². The van der Waals surface area contributed by atoms with Crippen LogP contribution < -0.4 is 0 Å². The molecule has 1 saturated carbocycles. The Bertz CT molecular complexity index is 162. The number of hydrogen-bond donors (Lipinski definition) is 0. The van der Waals surface area contributed by atoms with Crippen LogP contribution in [0.1, 0.15) is 33.1 Å². The van der Waals surface area contributed by atoms with Crippen molar-refractivity contribution in [2.75, 3.05) is 20.1 Å². The normalized spacial score (nSPS) is 47.0. The van der Waals surface area contributed by atoms with E-state index >= 15 is 0 Å². The van der Waals surface area contributed by atoms with Crippen molar-refractivity contribution in [1.29, 1.82) is 0 Å². The summed E-state index contributed by atoms with van der Waals surface area (Å²) >= 11 is 0. The number of likely N-dealkylation sites (tertiary alicyclic amines) is 1. The molecule has 0 amide bonds. The Balaban J connectivity index is 2.06. The molecule has 1 heterocycles. The van der Waals surface area contributed by atoms with Gasteiger partial charge in [0.05, 0.1) is 26.2 Å². The van der Waals surface area contributed by atoms with Gasteiger partial charge in [0.15, 0.2) is 0 Å². The van der Waals surface area contributed by atoms with Gasteiger partial charge in [-0.05, 0) is 26.7 Å². The molecule has 0 bridgehead atoms. The standard InChI is InChI=1S/C11H22N/c1-9(2)12(3)7-10-5-4-6-11(10)8-12/h9-11H,4-8H2,1-3H3/q+1. The maximum absolute atomic E-state index is 2.45. The van der Waals surface area contributed by atoms with E-state index in [2.05, 4.69) is 20.9 Å². The van der Waals surface area contributed by atoms with E-state index in [0.29, 0.717) is 0 Å². The Labute approximate surface area is 76.3 Å². The monoisotopic (exact) mass is 168 g/mol. The minimum atomic E-state index is 0.829. The highest BCUT2D eigenvalue weighted by molar-refractivity contribution is 4.82. The molecule has 12 heavy (non-hydrogen) atoms. The van der Waals surface area contributed by atoms with E-state index < -0.39 is 0 Å². The Morgan fingerprint density at radius 3 is 2.00 bits per heavy atom. The van der Waals surface area contributed by atoms with E-state index in [0.717, 1.165) is 17.9 Å². The molecule has 0 radical (unpaired) electrons. The third kappa shape index (κ3) is 1.19. The summed E-state index contributed by atoms with van der Waals surface area (Å²) in [5, 5.41) is 0. The first-order chi connectivity index (χ1) is 5.62. The smallest absolute Gasteiger partial charge is 0.0831 e. The predicted octanol–water partition coefficient (Wildman–Crippen LogP) is 2.27. The van der Waals surface area contributed by atoms with Crippen molar-refractivity contribution in [1.82, 2.24) is 0 Å². The van der Waals surface area contributed by atoms with Crippen LogP contribution in [0, 0.1) is 11.8 Å². The molecule has 0 aromatic rings. The molecule has 2 rings (SSSR count). The van der Waals surface area contributed by atoms with Gasteiger partial charge in [0.2, 0.25) is 0 Å². The first-order valence-corrected chi connectivity index (χ1v) is 5.46. The summed E-state index contributed by atoms with van der Waals surface area (Å²) in [6.07, 6.45) is 4.55. The number of fused-ring (bicyclic) bond motifs is 1. The highest BCUT2D eigenvalue weighted by Crippen LogP contribution is 2.41. The summed E-state index contributed by atoms with van der Waals surface area (Å²) in [5.74, 6) is 2.16. The summed E-state index contributed by atoms with van der Waals surface area (Å²) in [6.45, 7) is 7.67. The summed E-state index contributed by atoms with van der Waals surface area (Å²) < 4.78 is 1.34. The first kappa shape index (κ1) is 8.55. The minimum Gasteiger partial charge on any atom is -0.324 e. The summed E-state index contributed by atoms with van der Waals surface area (Å²) in [5.41, 5.74) is 0. The van der Waals surface area contributed by atoms with Gasteiger partial charge in [0.1, 0.15) is 0 Å². The molecule has 1 heteroatoms. The van der Waals surface area contributed by atoms with Gasteiger partial charge in [-0.15, -0.1) is 0 Å². The van der Waals surface area contributed by atoms with Crippen LogP contribution in [0.25, 0.3) is 0 Å². The molecular weight excluding hydrogens is 146 g/mol. The van der Waals surface area contributed by atoms with E-state index in [-0.39, 0.29) is 0 Å². The van der Waals surface area contributed by atoms with E-state index in [4.69, 9.17) is 0 Å².